The van der Waals surface area contributed by atoms with Gasteiger partial charge in [-0.3, -0.25) is 4.90 Å². The first-order valence-electron chi connectivity index (χ1n) is 11.1. The SMILES string of the molecule is OC1(C(CCN2CCN(c3ccccc3Cl)CC2)c2ccccc2)CCCCC1. The number of halogens is 1. The number of hydrogen-bond acceptors (Lipinski definition) is 3. The second-order valence-corrected chi connectivity index (χ2v) is 9.10. The van der Waals surface area contributed by atoms with Gasteiger partial charge in [-0.25, -0.2) is 0 Å². The average Bonchev–Trinajstić information content (AvgIpc) is 2.76. The maximum absolute atomic E-state index is 11.5. The minimum Gasteiger partial charge on any atom is -0.389 e. The largest absolute Gasteiger partial charge is 0.389 e. The summed E-state index contributed by atoms with van der Waals surface area (Å²) in [5, 5.41) is 12.3. The lowest BCUT2D eigenvalue weighted by Crippen LogP contribution is -2.47. The summed E-state index contributed by atoms with van der Waals surface area (Å²) in [4.78, 5) is 4.94. The van der Waals surface area contributed by atoms with Crippen molar-refractivity contribution in [2.45, 2.75) is 50.0 Å². The Labute approximate surface area is 180 Å². The number of anilines is 1. The maximum Gasteiger partial charge on any atom is 0.0716 e. The molecule has 1 heterocycles. The molecular formula is C25H33ClN2O. The van der Waals surface area contributed by atoms with E-state index in [0.717, 1.165) is 75.5 Å². The highest BCUT2D eigenvalue weighted by Gasteiger charge is 2.38. The van der Waals surface area contributed by atoms with Gasteiger partial charge in [0.15, 0.2) is 0 Å². The molecule has 3 nitrogen and oxygen atoms in total. The van der Waals surface area contributed by atoms with Crippen LogP contribution in [-0.2, 0) is 0 Å². The lowest BCUT2D eigenvalue weighted by molar-refractivity contribution is -0.0264. The van der Waals surface area contributed by atoms with E-state index in [2.05, 4.69) is 52.3 Å². The molecule has 2 aliphatic rings. The Bertz CT molecular complexity index is 767. The Morgan fingerprint density at radius 1 is 0.862 bits per heavy atom. The van der Waals surface area contributed by atoms with Crippen molar-refractivity contribution in [1.29, 1.82) is 0 Å². The molecule has 1 N–H and O–H groups in total. The van der Waals surface area contributed by atoms with Crippen LogP contribution in [0.4, 0.5) is 5.69 Å². The van der Waals surface area contributed by atoms with E-state index in [0.29, 0.717) is 0 Å². The third-order valence-electron chi connectivity index (χ3n) is 6.87. The molecule has 4 heteroatoms. The topological polar surface area (TPSA) is 26.7 Å². The predicted octanol–water partition coefficient (Wildman–Crippen LogP) is 5.33. The molecule has 1 unspecified atom stereocenters. The number of aliphatic hydroxyl groups is 1. The number of benzene rings is 2. The van der Waals surface area contributed by atoms with E-state index >= 15 is 0 Å². The molecule has 29 heavy (non-hydrogen) atoms. The van der Waals surface area contributed by atoms with E-state index in [1.54, 1.807) is 0 Å². The quantitative estimate of drug-likeness (QED) is 0.694. The van der Waals surface area contributed by atoms with Crippen LogP contribution in [0.25, 0.3) is 0 Å². The first kappa shape index (κ1) is 20.7. The molecule has 0 aromatic heterocycles. The minimum absolute atomic E-state index is 0.227. The van der Waals surface area contributed by atoms with Crippen molar-refractivity contribution in [3.8, 4) is 0 Å². The summed E-state index contributed by atoms with van der Waals surface area (Å²) >= 11 is 6.38. The van der Waals surface area contributed by atoms with Crippen molar-refractivity contribution in [3.63, 3.8) is 0 Å². The van der Waals surface area contributed by atoms with Gasteiger partial charge >= 0.3 is 0 Å². The molecule has 2 aromatic carbocycles. The Hall–Kier alpha value is -1.55. The van der Waals surface area contributed by atoms with Crippen LogP contribution >= 0.6 is 11.6 Å². The molecule has 0 spiro atoms. The van der Waals surface area contributed by atoms with Gasteiger partial charge < -0.3 is 10.0 Å². The fourth-order valence-corrected chi connectivity index (χ4v) is 5.43. The molecule has 1 aliphatic carbocycles. The smallest absolute Gasteiger partial charge is 0.0716 e. The molecule has 1 atom stereocenters. The summed E-state index contributed by atoms with van der Waals surface area (Å²) in [7, 11) is 0. The van der Waals surface area contributed by atoms with Gasteiger partial charge in [0.25, 0.3) is 0 Å². The highest BCUT2D eigenvalue weighted by atomic mass is 35.5. The van der Waals surface area contributed by atoms with Gasteiger partial charge in [-0.2, -0.15) is 0 Å². The molecular weight excluding hydrogens is 380 g/mol. The van der Waals surface area contributed by atoms with Gasteiger partial charge in [-0.1, -0.05) is 73.3 Å². The standard InChI is InChI=1S/C25H33ClN2O/c26-23-11-5-6-12-24(23)28-19-17-27(18-20-28)16-13-22(21-9-3-1-4-10-21)25(29)14-7-2-8-15-25/h1,3-6,9-12,22,29H,2,7-8,13-20H2. The zero-order chi connectivity index (χ0) is 20.1. The van der Waals surface area contributed by atoms with Gasteiger partial charge in [-0.15, -0.1) is 0 Å². The number of para-hydroxylation sites is 1. The number of nitrogens with zero attached hydrogens (tertiary/aromatic N) is 2. The van der Waals surface area contributed by atoms with Gasteiger partial charge in [0.05, 0.1) is 16.3 Å². The zero-order valence-corrected chi connectivity index (χ0v) is 18.0. The first-order valence-corrected chi connectivity index (χ1v) is 11.5. The fraction of sp³-hybridized carbons (Fsp3) is 0.520. The summed E-state index contributed by atoms with van der Waals surface area (Å²) in [6, 6.07) is 18.8. The van der Waals surface area contributed by atoms with Crippen LogP contribution in [-0.4, -0.2) is 48.3 Å². The van der Waals surface area contributed by atoms with E-state index < -0.39 is 5.60 Å². The average molecular weight is 413 g/mol. The highest BCUT2D eigenvalue weighted by molar-refractivity contribution is 6.33. The van der Waals surface area contributed by atoms with Crippen molar-refractivity contribution in [1.82, 2.24) is 4.90 Å². The van der Waals surface area contributed by atoms with Crippen molar-refractivity contribution in [3.05, 3.63) is 65.2 Å². The van der Waals surface area contributed by atoms with Gasteiger partial charge in [0.2, 0.25) is 0 Å². The van der Waals surface area contributed by atoms with Crippen LogP contribution in [0.1, 0.15) is 50.0 Å². The molecule has 4 rings (SSSR count). The number of rotatable bonds is 6. The molecule has 0 bridgehead atoms. The Kier molecular flexibility index (Phi) is 6.79. The minimum atomic E-state index is -0.543. The summed E-state index contributed by atoms with van der Waals surface area (Å²) in [5.74, 6) is 0.227. The maximum atomic E-state index is 11.5. The van der Waals surface area contributed by atoms with E-state index in [1.807, 2.05) is 12.1 Å². The highest BCUT2D eigenvalue weighted by Crippen LogP contribution is 2.42. The van der Waals surface area contributed by atoms with Crippen LogP contribution in [0.2, 0.25) is 5.02 Å². The Morgan fingerprint density at radius 3 is 2.21 bits per heavy atom. The molecule has 1 saturated heterocycles. The summed E-state index contributed by atoms with van der Waals surface area (Å²) in [5.41, 5.74) is 1.90. The Morgan fingerprint density at radius 2 is 1.52 bits per heavy atom. The number of hydrogen-bond donors (Lipinski definition) is 1. The first-order chi connectivity index (χ1) is 14.2. The molecule has 2 fully saturated rings. The second kappa shape index (κ2) is 9.51. The second-order valence-electron chi connectivity index (χ2n) is 8.70. The fourth-order valence-electron chi connectivity index (χ4n) is 5.18. The van der Waals surface area contributed by atoms with Crippen molar-refractivity contribution in [2.75, 3.05) is 37.6 Å². The van der Waals surface area contributed by atoms with E-state index in [4.69, 9.17) is 11.6 Å². The normalized spacial score (nSPS) is 21.1. The van der Waals surface area contributed by atoms with Crippen molar-refractivity contribution >= 4 is 17.3 Å². The molecule has 1 aliphatic heterocycles. The van der Waals surface area contributed by atoms with Gasteiger partial charge in [0.1, 0.15) is 0 Å². The zero-order valence-electron chi connectivity index (χ0n) is 17.3. The van der Waals surface area contributed by atoms with Crippen LogP contribution < -0.4 is 4.90 Å². The van der Waals surface area contributed by atoms with Crippen molar-refractivity contribution in [2.24, 2.45) is 0 Å². The molecule has 2 aromatic rings. The lowest BCUT2D eigenvalue weighted by atomic mass is 9.71. The van der Waals surface area contributed by atoms with E-state index in [-0.39, 0.29) is 5.92 Å². The predicted molar refractivity (Wildman–Crippen MR) is 122 cm³/mol. The molecule has 0 radical (unpaired) electrons. The third kappa shape index (κ3) is 4.96. The molecule has 1 saturated carbocycles. The third-order valence-corrected chi connectivity index (χ3v) is 7.19. The van der Waals surface area contributed by atoms with Crippen molar-refractivity contribution < 1.29 is 5.11 Å². The van der Waals surface area contributed by atoms with E-state index in [9.17, 15) is 5.11 Å². The van der Waals surface area contributed by atoms with Crippen LogP contribution in [0.15, 0.2) is 54.6 Å². The summed E-state index contributed by atoms with van der Waals surface area (Å²) < 4.78 is 0. The van der Waals surface area contributed by atoms with Crippen LogP contribution in [0.3, 0.4) is 0 Å². The van der Waals surface area contributed by atoms with Crippen LogP contribution in [0.5, 0.6) is 0 Å². The van der Waals surface area contributed by atoms with Gasteiger partial charge in [-0.05, 0) is 43.5 Å². The summed E-state index contributed by atoms with van der Waals surface area (Å²) in [6.07, 6.45) is 6.45. The lowest BCUT2D eigenvalue weighted by Gasteiger charge is -2.42. The molecule has 0 amide bonds. The Balaban J connectivity index is 1.38. The summed E-state index contributed by atoms with van der Waals surface area (Å²) in [6.45, 7) is 5.14. The van der Waals surface area contributed by atoms with Gasteiger partial charge in [0, 0.05) is 32.1 Å². The monoisotopic (exact) mass is 412 g/mol. The molecule has 156 valence electrons. The number of piperazine rings is 1. The van der Waals surface area contributed by atoms with E-state index in [1.165, 1.54) is 12.0 Å². The van der Waals surface area contributed by atoms with Crippen LogP contribution in [0, 0.1) is 0 Å².